The number of Topliss-reactive ketones (excluding diaryl/α,β-unsaturated/α-hetero) is 1. The number of benzene rings is 2. The second-order valence-corrected chi connectivity index (χ2v) is 10.7. The van der Waals surface area contributed by atoms with Crippen LogP contribution in [0.4, 0.5) is 0 Å². The highest BCUT2D eigenvalue weighted by Gasteiger charge is 2.31. The molecular weight excluding hydrogens is 440 g/mol. The van der Waals surface area contributed by atoms with E-state index in [0.717, 1.165) is 30.6 Å². The molecule has 3 rings (SSSR count). The Hall–Kier alpha value is -2.61. The summed E-state index contributed by atoms with van der Waals surface area (Å²) in [5, 5.41) is 0. The van der Waals surface area contributed by atoms with Gasteiger partial charge in [0.2, 0.25) is 0 Å². The van der Waals surface area contributed by atoms with Crippen LogP contribution in [0, 0.1) is 5.92 Å². The highest BCUT2D eigenvalue weighted by atomic mass is 16.5. The molecule has 0 aliphatic heterocycles. The van der Waals surface area contributed by atoms with E-state index in [0.29, 0.717) is 31.1 Å². The van der Waals surface area contributed by atoms with E-state index < -0.39 is 0 Å². The molecule has 0 unspecified atom stereocenters. The summed E-state index contributed by atoms with van der Waals surface area (Å²) in [5.74, 6) is 1.97. The summed E-state index contributed by atoms with van der Waals surface area (Å²) in [6.45, 7) is 17.5. The van der Waals surface area contributed by atoms with E-state index in [4.69, 9.17) is 4.74 Å². The molecule has 0 amide bonds. The van der Waals surface area contributed by atoms with Crippen LogP contribution in [0.15, 0.2) is 74.3 Å². The maximum Gasteiger partial charge on any atom is 0.133 e. The second-order valence-electron chi connectivity index (χ2n) is 10.7. The molecule has 1 saturated carbocycles. The van der Waals surface area contributed by atoms with Gasteiger partial charge in [-0.25, -0.2) is 0 Å². The Balaban J connectivity index is 0.00000222. The van der Waals surface area contributed by atoms with E-state index >= 15 is 0 Å². The summed E-state index contributed by atoms with van der Waals surface area (Å²) in [4.78, 5) is 12.6. The molecule has 36 heavy (non-hydrogen) atoms. The number of carbonyl (C=O) groups excluding carboxylic acids is 1. The first-order valence-electron chi connectivity index (χ1n) is 13.9. The summed E-state index contributed by atoms with van der Waals surface area (Å²) in [6, 6.07) is 17.2. The van der Waals surface area contributed by atoms with Gasteiger partial charge >= 0.3 is 0 Å². The van der Waals surface area contributed by atoms with Crippen LogP contribution in [0.3, 0.4) is 0 Å². The number of hydrogen-bond acceptors (Lipinski definition) is 2. The van der Waals surface area contributed by atoms with Crippen molar-refractivity contribution in [2.45, 2.75) is 103 Å². The monoisotopic (exact) mass is 488 g/mol. The maximum atomic E-state index is 12.6. The van der Waals surface area contributed by atoms with Gasteiger partial charge in [0.05, 0.1) is 0 Å². The van der Waals surface area contributed by atoms with Crippen LogP contribution in [0.2, 0.25) is 0 Å². The second kappa shape index (κ2) is 15.5. The van der Waals surface area contributed by atoms with E-state index in [1.54, 1.807) is 0 Å². The third-order valence-corrected chi connectivity index (χ3v) is 7.60. The predicted octanol–water partition coefficient (Wildman–Crippen LogP) is 9.73. The van der Waals surface area contributed by atoms with Crippen molar-refractivity contribution in [3.8, 4) is 5.75 Å². The van der Waals surface area contributed by atoms with Crippen LogP contribution >= 0.6 is 0 Å². The van der Waals surface area contributed by atoms with Gasteiger partial charge < -0.3 is 4.74 Å². The van der Waals surface area contributed by atoms with Gasteiger partial charge in [0.25, 0.3) is 0 Å². The fourth-order valence-corrected chi connectivity index (χ4v) is 5.40. The third kappa shape index (κ3) is 8.80. The number of unbranched alkanes of at least 4 members (excludes halogenated alkanes) is 3. The Bertz CT molecular complexity index is 927. The molecular formula is C34H48O2. The molecule has 2 nitrogen and oxygen atoms in total. The summed E-state index contributed by atoms with van der Waals surface area (Å²) in [7, 11) is 0. The van der Waals surface area contributed by atoms with Gasteiger partial charge in [-0.15, -0.1) is 19.7 Å². The van der Waals surface area contributed by atoms with E-state index in [2.05, 4.69) is 83.0 Å². The standard InChI is InChI=1S/C32H44O2.C2H4/c1-5-7-8-12-21-32(3,4)27-19-20-29(30-23-28(33)18-13-17-26(30)14-6-2)31(22-27)34-24-25-15-10-9-11-16-25;1-2/h6,9-11,15-16,19-20,22,26,30H,2,5,7-8,12-14,17-18,21,23-24H2,1,3-4H3;1-2H2/t26-,30-;/m0./s1. The lowest BCUT2D eigenvalue weighted by Crippen LogP contribution is -2.19. The van der Waals surface area contributed by atoms with Crippen molar-refractivity contribution in [2.75, 3.05) is 0 Å². The summed E-state index contributed by atoms with van der Waals surface area (Å²) in [6.07, 6.45) is 12.6. The fourth-order valence-electron chi connectivity index (χ4n) is 5.40. The zero-order valence-corrected chi connectivity index (χ0v) is 23.1. The number of carbonyl (C=O) groups is 1. The van der Waals surface area contributed by atoms with E-state index in [1.807, 2.05) is 12.1 Å². The SMILES string of the molecule is C=C.C=CC[C@H]1CCCC(=O)C[C@@H]1c1ccc(C(C)(C)CCCCCC)cc1OCc1ccccc1. The first-order chi connectivity index (χ1) is 17.4. The molecule has 1 aliphatic rings. The molecule has 1 fully saturated rings. The van der Waals surface area contributed by atoms with Crippen LogP contribution in [-0.4, -0.2) is 5.78 Å². The minimum atomic E-state index is 0.0942. The topological polar surface area (TPSA) is 26.3 Å². The molecule has 0 heterocycles. The molecule has 2 aromatic rings. The molecule has 0 N–H and O–H groups in total. The molecule has 196 valence electrons. The van der Waals surface area contributed by atoms with Crippen molar-refractivity contribution in [1.29, 1.82) is 0 Å². The molecule has 1 aliphatic carbocycles. The van der Waals surface area contributed by atoms with Crippen LogP contribution in [0.1, 0.15) is 108 Å². The van der Waals surface area contributed by atoms with Crippen molar-refractivity contribution >= 4 is 5.78 Å². The van der Waals surface area contributed by atoms with E-state index in [-0.39, 0.29) is 11.3 Å². The molecule has 2 heteroatoms. The number of ketones is 1. The first-order valence-corrected chi connectivity index (χ1v) is 13.9. The summed E-state index contributed by atoms with van der Waals surface area (Å²) in [5.41, 5.74) is 3.79. The minimum absolute atomic E-state index is 0.0942. The van der Waals surface area contributed by atoms with Crippen molar-refractivity contribution in [3.63, 3.8) is 0 Å². The average molecular weight is 489 g/mol. The summed E-state index contributed by atoms with van der Waals surface area (Å²) < 4.78 is 6.52. The van der Waals surface area contributed by atoms with Gasteiger partial charge in [-0.3, -0.25) is 4.79 Å². The van der Waals surface area contributed by atoms with Gasteiger partial charge in [0.15, 0.2) is 0 Å². The number of allylic oxidation sites excluding steroid dienone is 1. The third-order valence-electron chi connectivity index (χ3n) is 7.60. The normalized spacial score (nSPS) is 18.0. The molecule has 0 radical (unpaired) electrons. The number of hydrogen-bond donors (Lipinski definition) is 0. The fraction of sp³-hybridized carbons (Fsp3) is 0.500. The quantitative estimate of drug-likeness (QED) is 0.169. The molecule has 0 spiro atoms. The Morgan fingerprint density at radius 3 is 2.50 bits per heavy atom. The van der Waals surface area contributed by atoms with Crippen LogP contribution < -0.4 is 4.74 Å². The minimum Gasteiger partial charge on any atom is -0.489 e. The molecule has 2 atom stereocenters. The van der Waals surface area contributed by atoms with Gasteiger partial charge in [0, 0.05) is 12.8 Å². The van der Waals surface area contributed by atoms with Crippen LogP contribution in [0.5, 0.6) is 5.75 Å². The lowest BCUT2D eigenvalue weighted by Gasteiger charge is -2.30. The van der Waals surface area contributed by atoms with E-state index in [9.17, 15) is 4.79 Å². The first kappa shape index (κ1) is 29.6. The molecule has 0 bridgehead atoms. The number of rotatable bonds is 12. The lowest BCUT2D eigenvalue weighted by molar-refractivity contribution is -0.119. The molecule has 0 aromatic heterocycles. The zero-order chi connectivity index (χ0) is 26.4. The predicted molar refractivity (Wildman–Crippen MR) is 155 cm³/mol. The van der Waals surface area contributed by atoms with Gasteiger partial charge in [-0.1, -0.05) is 95.0 Å². The van der Waals surface area contributed by atoms with Crippen molar-refractivity contribution < 1.29 is 9.53 Å². The Morgan fingerprint density at radius 2 is 1.81 bits per heavy atom. The highest BCUT2D eigenvalue weighted by Crippen LogP contribution is 2.43. The number of ether oxygens (including phenoxy) is 1. The largest absolute Gasteiger partial charge is 0.489 e. The zero-order valence-electron chi connectivity index (χ0n) is 23.1. The van der Waals surface area contributed by atoms with Crippen LogP contribution in [-0.2, 0) is 16.8 Å². The Kier molecular flexibility index (Phi) is 12.7. The van der Waals surface area contributed by atoms with E-state index in [1.165, 1.54) is 43.2 Å². The smallest absolute Gasteiger partial charge is 0.133 e. The Labute approximate surface area is 220 Å². The molecule has 2 aromatic carbocycles. The molecule has 0 saturated heterocycles. The van der Waals surface area contributed by atoms with Crippen molar-refractivity contribution in [2.24, 2.45) is 5.92 Å². The van der Waals surface area contributed by atoms with Crippen LogP contribution in [0.25, 0.3) is 0 Å². The van der Waals surface area contributed by atoms with Gasteiger partial charge in [-0.05, 0) is 65.7 Å². The van der Waals surface area contributed by atoms with Crippen molar-refractivity contribution in [3.05, 3.63) is 91.0 Å². The van der Waals surface area contributed by atoms with Gasteiger partial charge in [0.1, 0.15) is 18.1 Å². The van der Waals surface area contributed by atoms with Gasteiger partial charge in [-0.2, -0.15) is 0 Å². The maximum absolute atomic E-state index is 12.6. The van der Waals surface area contributed by atoms with Crippen molar-refractivity contribution in [1.82, 2.24) is 0 Å². The Morgan fingerprint density at radius 1 is 1.06 bits per heavy atom. The lowest BCUT2D eigenvalue weighted by atomic mass is 9.76. The highest BCUT2D eigenvalue weighted by molar-refractivity contribution is 5.79. The average Bonchev–Trinajstić information content (AvgIpc) is 3.08. The summed E-state index contributed by atoms with van der Waals surface area (Å²) >= 11 is 0.